The highest BCUT2D eigenvalue weighted by Gasteiger charge is 2.13. The van der Waals surface area contributed by atoms with E-state index in [1.165, 1.54) is 22.0 Å². The van der Waals surface area contributed by atoms with Crippen molar-refractivity contribution in [3.8, 4) is 16.3 Å². The lowest BCUT2D eigenvalue weighted by molar-refractivity contribution is 0.291. The maximum atomic E-state index is 6.16. The van der Waals surface area contributed by atoms with Crippen LogP contribution in [-0.4, -0.2) is 19.9 Å². The van der Waals surface area contributed by atoms with Gasteiger partial charge < -0.3 is 10.6 Å². The highest BCUT2D eigenvalue weighted by Crippen LogP contribution is 2.27. The average molecular weight is 438 g/mol. The van der Waals surface area contributed by atoms with Crippen molar-refractivity contribution in [2.45, 2.75) is 37.3 Å². The molecule has 0 bridgehead atoms. The predicted molar refractivity (Wildman–Crippen MR) is 122 cm³/mol. The summed E-state index contributed by atoms with van der Waals surface area (Å²) in [7, 11) is 0. The smallest absolute Gasteiger partial charge is 0.210 e. The summed E-state index contributed by atoms with van der Waals surface area (Å²) < 4.78 is 7.30. The van der Waals surface area contributed by atoms with Crippen molar-refractivity contribution in [3.63, 3.8) is 0 Å². The van der Waals surface area contributed by atoms with E-state index < -0.39 is 0 Å². The summed E-state index contributed by atoms with van der Waals surface area (Å²) in [6.07, 6.45) is 0. The molecule has 0 unspecified atom stereocenters. The summed E-state index contributed by atoms with van der Waals surface area (Å²) in [5.41, 5.74) is 3.40. The monoisotopic (exact) mass is 437 g/mol. The Morgan fingerprint density at radius 1 is 1.07 bits per heavy atom. The van der Waals surface area contributed by atoms with Gasteiger partial charge in [0.15, 0.2) is 5.82 Å². The van der Waals surface area contributed by atoms with Gasteiger partial charge in [0.05, 0.1) is 5.69 Å². The first-order chi connectivity index (χ1) is 14.6. The third-order valence-corrected chi connectivity index (χ3v) is 6.49. The van der Waals surface area contributed by atoms with Crippen molar-refractivity contribution in [1.29, 1.82) is 0 Å². The quantitative estimate of drug-likeness (QED) is 0.305. The molecule has 2 aromatic heterocycles. The largest absolute Gasteiger partial charge is 0.486 e. The molecule has 0 radical (unpaired) electrons. The van der Waals surface area contributed by atoms with Crippen LogP contribution in [0.5, 0.6) is 5.75 Å². The number of hydrogen-bond acceptors (Lipinski definition) is 7. The number of thiazole rings is 1. The highest BCUT2D eigenvalue weighted by atomic mass is 32.2. The minimum Gasteiger partial charge on any atom is -0.486 e. The number of nitrogen functional groups attached to an aromatic ring is 1. The third-order valence-electron chi connectivity index (χ3n) is 4.57. The van der Waals surface area contributed by atoms with E-state index >= 15 is 0 Å². The van der Waals surface area contributed by atoms with Gasteiger partial charge in [0.25, 0.3) is 0 Å². The van der Waals surface area contributed by atoms with Gasteiger partial charge in [-0.25, -0.2) is 9.66 Å². The van der Waals surface area contributed by atoms with Crippen molar-refractivity contribution in [2.24, 2.45) is 0 Å². The molecule has 154 valence electrons. The second-order valence-electron chi connectivity index (χ2n) is 7.08. The van der Waals surface area contributed by atoms with Crippen LogP contribution in [0.25, 0.3) is 10.6 Å². The molecule has 0 aliphatic heterocycles. The van der Waals surface area contributed by atoms with Crippen LogP contribution in [0, 0.1) is 0 Å². The first-order valence-corrected chi connectivity index (χ1v) is 11.5. The number of benzene rings is 2. The average Bonchev–Trinajstić information content (AvgIpc) is 3.38. The summed E-state index contributed by atoms with van der Waals surface area (Å²) in [4.78, 5) is 4.70. The Balaban J connectivity index is 1.34. The Kier molecular flexibility index (Phi) is 6.35. The Hall–Kier alpha value is -2.84. The molecule has 8 heteroatoms. The molecule has 0 saturated heterocycles. The molecule has 4 aromatic rings. The molecule has 0 amide bonds. The van der Waals surface area contributed by atoms with Gasteiger partial charge in [0.2, 0.25) is 5.16 Å². The minimum atomic E-state index is 0.264. The molecular formula is C22H23N5OS2. The molecule has 2 aromatic carbocycles. The topological polar surface area (TPSA) is 78.9 Å². The van der Waals surface area contributed by atoms with E-state index in [0.717, 1.165) is 22.0 Å². The molecule has 30 heavy (non-hydrogen) atoms. The molecule has 0 fully saturated rings. The highest BCUT2D eigenvalue weighted by molar-refractivity contribution is 7.98. The Morgan fingerprint density at radius 2 is 1.83 bits per heavy atom. The summed E-state index contributed by atoms with van der Waals surface area (Å²) in [5.74, 6) is 8.70. The summed E-state index contributed by atoms with van der Waals surface area (Å²) in [6.45, 7) is 4.60. The maximum absolute atomic E-state index is 6.16. The number of rotatable bonds is 8. The number of nitrogens with two attached hydrogens (primary N) is 1. The van der Waals surface area contributed by atoms with E-state index in [0.29, 0.717) is 22.7 Å². The van der Waals surface area contributed by atoms with Crippen LogP contribution in [0.3, 0.4) is 0 Å². The van der Waals surface area contributed by atoms with Crippen molar-refractivity contribution < 1.29 is 4.74 Å². The van der Waals surface area contributed by atoms with Crippen molar-refractivity contribution in [2.75, 3.05) is 5.84 Å². The van der Waals surface area contributed by atoms with Gasteiger partial charge in [-0.1, -0.05) is 68.1 Å². The van der Waals surface area contributed by atoms with Crippen molar-refractivity contribution >= 4 is 23.1 Å². The fraction of sp³-hybridized carbons (Fsp3) is 0.227. The van der Waals surface area contributed by atoms with Gasteiger partial charge in [-0.3, -0.25) is 0 Å². The maximum Gasteiger partial charge on any atom is 0.210 e. The summed E-state index contributed by atoms with van der Waals surface area (Å²) in [6, 6.07) is 18.3. The molecule has 0 aliphatic carbocycles. The number of hydrogen-bond donors (Lipinski definition) is 1. The molecule has 0 spiro atoms. The van der Waals surface area contributed by atoms with E-state index in [1.54, 1.807) is 11.3 Å². The Bertz CT molecular complexity index is 1090. The number of nitrogens with zero attached hydrogens (tertiary/aromatic N) is 4. The zero-order valence-corrected chi connectivity index (χ0v) is 18.5. The fourth-order valence-corrected chi connectivity index (χ4v) is 4.53. The van der Waals surface area contributed by atoms with E-state index in [1.807, 2.05) is 30.3 Å². The predicted octanol–water partition coefficient (Wildman–Crippen LogP) is 5.11. The lowest BCUT2D eigenvalue weighted by Gasteiger charge is -2.08. The third kappa shape index (κ3) is 4.83. The van der Waals surface area contributed by atoms with Crippen LogP contribution < -0.4 is 10.6 Å². The fourth-order valence-electron chi connectivity index (χ4n) is 2.83. The molecule has 0 atom stereocenters. The number of aromatic nitrogens is 4. The van der Waals surface area contributed by atoms with Gasteiger partial charge in [0, 0.05) is 16.7 Å². The molecule has 2 N–H and O–H groups in total. The van der Waals surface area contributed by atoms with Crippen LogP contribution >= 0.6 is 23.1 Å². The van der Waals surface area contributed by atoms with Crippen LogP contribution in [0.2, 0.25) is 0 Å². The second-order valence-corrected chi connectivity index (χ2v) is 8.88. The Labute approximate surface area is 184 Å². The van der Waals surface area contributed by atoms with Gasteiger partial charge in [0.1, 0.15) is 17.4 Å². The SMILES string of the molecule is CC(C)c1ccc(OCc2nnc(SCc3csc(-c4ccccc4)n3)n2N)cc1. The van der Waals surface area contributed by atoms with E-state index in [9.17, 15) is 0 Å². The van der Waals surface area contributed by atoms with Crippen LogP contribution in [0.1, 0.15) is 36.8 Å². The van der Waals surface area contributed by atoms with Crippen molar-refractivity contribution in [3.05, 3.63) is 77.1 Å². The molecular weight excluding hydrogens is 414 g/mol. The molecule has 2 heterocycles. The molecule has 0 aliphatic rings. The van der Waals surface area contributed by atoms with Crippen LogP contribution in [0.15, 0.2) is 65.1 Å². The van der Waals surface area contributed by atoms with E-state index in [-0.39, 0.29) is 6.61 Å². The number of ether oxygens (including phenoxy) is 1. The zero-order valence-electron chi connectivity index (χ0n) is 16.9. The normalized spacial score (nSPS) is 11.2. The van der Waals surface area contributed by atoms with Crippen molar-refractivity contribution in [1.82, 2.24) is 19.9 Å². The van der Waals surface area contributed by atoms with Gasteiger partial charge in [-0.05, 0) is 23.6 Å². The van der Waals surface area contributed by atoms with Gasteiger partial charge in [-0.2, -0.15) is 0 Å². The van der Waals surface area contributed by atoms with Gasteiger partial charge in [-0.15, -0.1) is 21.5 Å². The van der Waals surface area contributed by atoms with E-state index in [4.69, 9.17) is 15.6 Å². The number of thioether (sulfide) groups is 1. The first kappa shape index (κ1) is 20.4. The lowest BCUT2D eigenvalue weighted by Crippen LogP contribution is -2.15. The van der Waals surface area contributed by atoms with E-state index in [2.05, 4.69) is 53.7 Å². The zero-order chi connectivity index (χ0) is 20.9. The molecule has 0 saturated carbocycles. The minimum absolute atomic E-state index is 0.264. The van der Waals surface area contributed by atoms with Crippen LogP contribution in [0.4, 0.5) is 0 Å². The second kappa shape index (κ2) is 9.32. The lowest BCUT2D eigenvalue weighted by atomic mass is 10.0. The van der Waals surface area contributed by atoms with Gasteiger partial charge >= 0.3 is 0 Å². The molecule has 6 nitrogen and oxygen atoms in total. The first-order valence-electron chi connectivity index (χ1n) is 9.65. The Morgan fingerprint density at radius 3 is 2.57 bits per heavy atom. The molecule has 4 rings (SSSR count). The summed E-state index contributed by atoms with van der Waals surface area (Å²) in [5, 5.41) is 12.1. The van der Waals surface area contributed by atoms with Crippen LogP contribution in [-0.2, 0) is 12.4 Å². The summed E-state index contributed by atoms with van der Waals surface area (Å²) >= 11 is 3.15. The standard InChI is InChI=1S/C22H23N5OS2/c1-15(2)16-8-10-19(11-9-16)28-12-20-25-26-22(27(20)23)30-14-18-13-29-21(24-18)17-6-4-3-5-7-17/h3-11,13,15H,12,14,23H2,1-2H3.